The fraction of sp³-hybridized carbons (Fsp3) is 0.500. The van der Waals surface area contributed by atoms with Crippen LogP contribution in [0.2, 0.25) is 0 Å². The van der Waals surface area contributed by atoms with Crippen LogP contribution in [0, 0.1) is 6.92 Å². The first kappa shape index (κ1) is 26.3. The molecule has 0 unspecified atom stereocenters. The molecule has 0 saturated carbocycles. The highest BCUT2D eigenvalue weighted by molar-refractivity contribution is 7.17. The van der Waals surface area contributed by atoms with Gasteiger partial charge in [-0.1, -0.05) is 31.1 Å². The van der Waals surface area contributed by atoms with E-state index in [1.165, 1.54) is 11.3 Å². The second kappa shape index (κ2) is 13.6. The predicted octanol–water partition coefficient (Wildman–Crippen LogP) is 4.37. The second-order valence-electron chi connectivity index (χ2n) is 7.47. The van der Waals surface area contributed by atoms with Crippen molar-refractivity contribution in [3.05, 3.63) is 40.4 Å². The Balaban J connectivity index is 1.96. The van der Waals surface area contributed by atoms with Gasteiger partial charge in [-0.25, -0.2) is 9.78 Å². The molecule has 180 valence electrons. The molecule has 0 bridgehead atoms. The average Bonchev–Trinajstić information content (AvgIpc) is 3.20. The first-order valence-corrected chi connectivity index (χ1v) is 12.1. The van der Waals surface area contributed by atoms with Gasteiger partial charge in [0.05, 0.1) is 19.4 Å². The van der Waals surface area contributed by atoms with Crippen molar-refractivity contribution in [2.75, 3.05) is 31.7 Å². The van der Waals surface area contributed by atoms with Crippen molar-refractivity contribution in [2.45, 2.75) is 52.9 Å². The van der Waals surface area contributed by atoms with Crippen LogP contribution in [0.15, 0.2) is 24.3 Å². The van der Waals surface area contributed by atoms with Crippen molar-refractivity contribution in [3.8, 4) is 5.75 Å². The van der Waals surface area contributed by atoms with Gasteiger partial charge in [-0.05, 0) is 51.0 Å². The van der Waals surface area contributed by atoms with E-state index < -0.39 is 5.97 Å². The largest absolute Gasteiger partial charge is 0.497 e. The van der Waals surface area contributed by atoms with Crippen molar-refractivity contribution in [3.63, 3.8) is 0 Å². The maximum absolute atomic E-state index is 13.0. The summed E-state index contributed by atoms with van der Waals surface area (Å²) in [5.74, 6) is -0.00158. The lowest BCUT2D eigenvalue weighted by atomic mass is 10.2. The maximum atomic E-state index is 13.0. The van der Waals surface area contributed by atoms with Gasteiger partial charge in [-0.3, -0.25) is 14.5 Å². The number of methoxy groups -OCH3 is 1. The summed E-state index contributed by atoms with van der Waals surface area (Å²) in [5, 5.41) is 3.35. The summed E-state index contributed by atoms with van der Waals surface area (Å²) in [4.78, 5) is 44.0. The van der Waals surface area contributed by atoms with Crippen molar-refractivity contribution in [1.29, 1.82) is 0 Å². The number of carbonyl (C=O) groups excluding carboxylic acids is 3. The molecular weight excluding hydrogens is 442 g/mol. The minimum atomic E-state index is -0.416. The van der Waals surface area contributed by atoms with E-state index in [0.29, 0.717) is 46.5 Å². The van der Waals surface area contributed by atoms with Crippen LogP contribution < -0.4 is 15.0 Å². The zero-order chi connectivity index (χ0) is 24.2. The number of benzene rings is 1. The van der Waals surface area contributed by atoms with E-state index in [9.17, 15) is 14.4 Å². The van der Waals surface area contributed by atoms with Crippen LogP contribution in [0.4, 0.5) is 5.13 Å². The molecule has 2 rings (SSSR count). The van der Waals surface area contributed by atoms with E-state index in [1.54, 1.807) is 50.1 Å². The van der Waals surface area contributed by atoms with E-state index in [-0.39, 0.29) is 24.8 Å². The molecule has 0 saturated heterocycles. The van der Waals surface area contributed by atoms with Gasteiger partial charge in [0, 0.05) is 25.1 Å². The third kappa shape index (κ3) is 7.85. The monoisotopic (exact) mass is 475 g/mol. The van der Waals surface area contributed by atoms with Crippen LogP contribution in [0.25, 0.3) is 0 Å². The molecule has 1 N–H and O–H groups in total. The van der Waals surface area contributed by atoms with Gasteiger partial charge in [0.15, 0.2) is 5.13 Å². The Kier molecular flexibility index (Phi) is 10.8. The summed E-state index contributed by atoms with van der Waals surface area (Å²) in [7, 11) is 1.57. The molecule has 33 heavy (non-hydrogen) atoms. The van der Waals surface area contributed by atoms with Gasteiger partial charge < -0.3 is 14.8 Å². The third-order valence-corrected chi connectivity index (χ3v) is 6.13. The number of carbonyl (C=O) groups is 3. The highest BCUT2D eigenvalue weighted by atomic mass is 32.1. The fourth-order valence-corrected chi connectivity index (χ4v) is 4.16. The van der Waals surface area contributed by atoms with Gasteiger partial charge in [0.25, 0.3) is 5.91 Å². The van der Waals surface area contributed by atoms with E-state index >= 15 is 0 Å². The number of aromatic nitrogens is 1. The molecular formula is C24H33N3O5S. The average molecular weight is 476 g/mol. The molecule has 1 heterocycles. The lowest BCUT2D eigenvalue weighted by Crippen LogP contribution is -2.33. The topological polar surface area (TPSA) is 97.8 Å². The Bertz CT molecular complexity index is 927. The molecule has 0 aliphatic carbocycles. The first-order valence-electron chi connectivity index (χ1n) is 11.3. The quantitative estimate of drug-likeness (QED) is 0.341. The number of nitrogens with zero attached hydrogens (tertiary/aromatic N) is 2. The highest BCUT2D eigenvalue weighted by Crippen LogP contribution is 2.28. The Hall–Kier alpha value is -2.94. The van der Waals surface area contributed by atoms with Crippen LogP contribution in [0.1, 0.15) is 71.7 Å². The number of hydrogen-bond donors (Lipinski definition) is 1. The molecule has 0 spiro atoms. The minimum Gasteiger partial charge on any atom is -0.497 e. The number of anilines is 1. The summed E-state index contributed by atoms with van der Waals surface area (Å²) in [6, 6.07) is 6.85. The molecule has 2 aromatic rings. The normalized spacial score (nSPS) is 10.5. The first-order chi connectivity index (χ1) is 15.9. The molecule has 0 aliphatic rings. The molecule has 1 aromatic heterocycles. The van der Waals surface area contributed by atoms with Crippen molar-refractivity contribution < 1.29 is 23.9 Å². The lowest BCUT2D eigenvalue weighted by Gasteiger charge is -2.20. The summed E-state index contributed by atoms with van der Waals surface area (Å²) < 4.78 is 10.2. The Labute approximate surface area is 199 Å². The minimum absolute atomic E-state index is 0.0750. The number of esters is 1. The van der Waals surface area contributed by atoms with Crippen molar-refractivity contribution >= 4 is 34.3 Å². The smallest absolute Gasteiger partial charge is 0.350 e. The number of rotatable bonds is 13. The molecule has 0 fully saturated rings. The van der Waals surface area contributed by atoms with Crippen molar-refractivity contribution in [1.82, 2.24) is 10.3 Å². The van der Waals surface area contributed by atoms with E-state index in [1.807, 2.05) is 0 Å². The second-order valence-corrected chi connectivity index (χ2v) is 8.45. The molecule has 8 nitrogen and oxygen atoms in total. The Morgan fingerprint density at radius 1 is 1.09 bits per heavy atom. The molecule has 1 aromatic carbocycles. The maximum Gasteiger partial charge on any atom is 0.350 e. The summed E-state index contributed by atoms with van der Waals surface area (Å²) in [5.41, 5.74) is 1.10. The highest BCUT2D eigenvalue weighted by Gasteiger charge is 2.23. The number of hydrogen-bond acceptors (Lipinski definition) is 7. The molecule has 0 atom stereocenters. The predicted molar refractivity (Wildman–Crippen MR) is 129 cm³/mol. The number of ether oxygens (including phenoxy) is 2. The number of amides is 2. The van der Waals surface area contributed by atoms with Crippen molar-refractivity contribution in [2.24, 2.45) is 0 Å². The summed E-state index contributed by atoms with van der Waals surface area (Å²) >= 11 is 1.19. The Morgan fingerprint density at radius 3 is 2.45 bits per heavy atom. The van der Waals surface area contributed by atoms with E-state index in [4.69, 9.17) is 9.47 Å². The zero-order valence-corrected chi connectivity index (χ0v) is 20.6. The lowest BCUT2D eigenvalue weighted by molar-refractivity contribution is -0.118. The SMILES string of the molecule is CCCCCN(C(=O)CCCNC(=O)c1ccc(OC)cc1)c1nc(C)c(C(=O)OCC)s1. The number of unbranched alkanes of at least 4 members (excludes halogenated alkanes) is 2. The van der Waals surface area contributed by atoms with Crippen LogP contribution in [0.3, 0.4) is 0 Å². The standard InChI is InChI=1S/C24H33N3O5S/c1-5-7-8-16-27(24-26-17(3)21(33-24)23(30)32-6-2)20(28)10-9-15-25-22(29)18-11-13-19(31-4)14-12-18/h11-14H,5-10,15-16H2,1-4H3,(H,25,29). The third-order valence-electron chi connectivity index (χ3n) is 4.97. The van der Waals surface area contributed by atoms with Gasteiger partial charge in [-0.2, -0.15) is 0 Å². The molecule has 9 heteroatoms. The molecule has 0 radical (unpaired) electrons. The van der Waals surface area contributed by atoms with E-state index in [0.717, 1.165) is 19.3 Å². The van der Waals surface area contributed by atoms with Gasteiger partial charge in [0.2, 0.25) is 5.91 Å². The summed E-state index contributed by atoms with van der Waals surface area (Å²) in [6.07, 6.45) is 3.65. The summed E-state index contributed by atoms with van der Waals surface area (Å²) in [6.45, 7) is 6.81. The number of aryl methyl sites for hydroxylation is 1. The number of thiazole rings is 1. The molecule has 0 aliphatic heterocycles. The fourth-order valence-electron chi connectivity index (χ4n) is 3.15. The zero-order valence-electron chi connectivity index (χ0n) is 19.8. The van der Waals surface area contributed by atoms with Gasteiger partial charge >= 0.3 is 5.97 Å². The van der Waals surface area contributed by atoms with Crippen LogP contribution in [0.5, 0.6) is 5.75 Å². The molecule has 2 amide bonds. The van der Waals surface area contributed by atoms with Crippen LogP contribution in [-0.2, 0) is 9.53 Å². The Morgan fingerprint density at radius 2 is 1.82 bits per heavy atom. The van der Waals surface area contributed by atoms with Crippen LogP contribution in [-0.4, -0.2) is 49.6 Å². The van der Waals surface area contributed by atoms with Gasteiger partial charge in [0.1, 0.15) is 10.6 Å². The van der Waals surface area contributed by atoms with Gasteiger partial charge in [-0.15, -0.1) is 0 Å². The van der Waals surface area contributed by atoms with E-state index in [2.05, 4.69) is 17.2 Å². The van der Waals surface area contributed by atoms with Crippen LogP contribution >= 0.6 is 11.3 Å². The number of nitrogens with one attached hydrogen (secondary N) is 1.